The molecule has 0 aromatic heterocycles. The Morgan fingerprint density at radius 3 is 2.34 bits per heavy atom. The Kier molecular flexibility index (Phi) is 11.6. The molecule has 2 aliphatic rings. The van der Waals surface area contributed by atoms with Crippen molar-refractivity contribution < 1.29 is 27.9 Å². The van der Waals surface area contributed by atoms with Crippen molar-refractivity contribution in [3.63, 3.8) is 0 Å². The minimum atomic E-state index is -4.22. The van der Waals surface area contributed by atoms with Gasteiger partial charge in [-0.15, -0.1) is 0 Å². The summed E-state index contributed by atoms with van der Waals surface area (Å²) >= 11 is 0. The van der Waals surface area contributed by atoms with Crippen LogP contribution in [0.25, 0.3) is 10.8 Å². The van der Waals surface area contributed by atoms with E-state index in [9.17, 15) is 27.9 Å². The number of carbonyl (C=O) groups is 3. The Hall–Kier alpha value is -3.71. The normalized spacial score (nSPS) is 17.2. The van der Waals surface area contributed by atoms with E-state index in [0.717, 1.165) is 50.3 Å². The molecule has 240 valence electrons. The number of amides is 2. The molecule has 2 amide bonds. The number of rotatable bonds is 13. The van der Waals surface area contributed by atoms with Crippen molar-refractivity contribution in [3.8, 4) is 0 Å². The molecule has 44 heavy (non-hydrogen) atoms. The summed E-state index contributed by atoms with van der Waals surface area (Å²) in [6, 6.07) is 10.6. The molecule has 2 aromatic rings. The first-order valence-electron chi connectivity index (χ1n) is 15.4. The quantitative estimate of drug-likeness (QED) is 0.165. The lowest BCUT2D eigenvalue weighted by Gasteiger charge is -2.33. The molecule has 1 aliphatic heterocycles. The number of carboxylic acids is 1. The lowest BCUT2D eigenvalue weighted by Crippen LogP contribution is -2.52. The average Bonchev–Trinajstić information content (AvgIpc) is 3.01. The van der Waals surface area contributed by atoms with Crippen LogP contribution in [0, 0.1) is 17.2 Å². The Labute approximate surface area is 258 Å². The first-order chi connectivity index (χ1) is 21.0. The third-order valence-corrected chi connectivity index (χ3v) is 10.1. The maximum atomic E-state index is 14.0. The highest BCUT2D eigenvalue weighted by molar-refractivity contribution is 7.89. The topological polar surface area (TPSA) is 186 Å². The van der Waals surface area contributed by atoms with Crippen molar-refractivity contribution in [2.45, 2.75) is 68.7 Å². The maximum Gasteiger partial charge on any atom is 0.305 e. The third-order valence-electron chi connectivity index (χ3n) is 8.67. The monoisotopic (exact) mass is 628 g/mol. The number of nitrogens with two attached hydrogens (primary N) is 1. The zero-order chi connectivity index (χ0) is 31.7. The predicted octanol–water partition coefficient (Wildman–Crippen LogP) is 2.48. The molecule has 2 aromatic carbocycles. The van der Waals surface area contributed by atoms with Crippen LogP contribution in [0.5, 0.6) is 0 Å². The highest BCUT2D eigenvalue weighted by atomic mass is 32.2. The van der Waals surface area contributed by atoms with Gasteiger partial charge in [0.25, 0.3) is 0 Å². The van der Waals surface area contributed by atoms with Gasteiger partial charge in [0.05, 0.1) is 17.7 Å². The van der Waals surface area contributed by atoms with Crippen LogP contribution in [-0.4, -0.2) is 85.8 Å². The molecule has 4 rings (SSSR count). The molecule has 2 fully saturated rings. The summed E-state index contributed by atoms with van der Waals surface area (Å²) in [6.45, 7) is 1.82. The highest BCUT2D eigenvalue weighted by Gasteiger charge is 2.33. The number of carboxylic acid groups (broad SMARTS) is 1. The number of hydrogen-bond donors (Lipinski definition) is 5. The van der Waals surface area contributed by atoms with Crippen LogP contribution in [0.3, 0.4) is 0 Å². The van der Waals surface area contributed by atoms with E-state index in [-0.39, 0.29) is 35.7 Å². The number of sulfonamides is 1. The van der Waals surface area contributed by atoms with Gasteiger partial charge >= 0.3 is 5.97 Å². The van der Waals surface area contributed by atoms with E-state index < -0.39 is 40.3 Å². The highest BCUT2D eigenvalue weighted by Crippen LogP contribution is 2.25. The van der Waals surface area contributed by atoms with Crippen LogP contribution in [0.15, 0.2) is 47.4 Å². The van der Waals surface area contributed by atoms with Crippen molar-refractivity contribution >= 4 is 44.5 Å². The fraction of sp³-hybridized carbons (Fsp3) is 0.548. The zero-order valence-corrected chi connectivity index (χ0v) is 25.9. The van der Waals surface area contributed by atoms with Gasteiger partial charge in [0, 0.05) is 32.7 Å². The van der Waals surface area contributed by atoms with Crippen molar-refractivity contribution in [3.05, 3.63) is 42.5 Å². The van der Waals surface area contributed by atoms with Crippen LogP contribution in [0.1, 0.15) is 57.8 Å². The lowest BCUT2D eigenvalue weighted by molar-refractivity contribution is -0.140. The molecule has 1 unspecified atom stereocenters. The number of carbonyl (C=O) groups excluding carboxylic acids is 2. The smallest absolute Gasteiger partial charge is 0.305 e. The second kappa shape index (κ2) is 15.3. The first kappa shape index (κ1) is 33.2. The molecule has 6 N–H and O–H groups in total. The molecule has 1 aliphatic carbocycles. The molecule has 0 spiro atoms. The van der Waals surface area contributed by atoms with E-state index in [0.29, 0.717) is 31.6 Å². The van der Waals surface area contributed by atoms with Gasteiger partial charge in [-0.1, -0.05) is 49.6 Å². The van der Waals surface area contributed by atoms with Crippen LogP contribution in [-0.2, 0) is 24.4 Å². The maximum absolute atomic E-state index is 14.0. The standard InChI is InChI=1S/C31H44N6O6S/c32-31(33)36-15-12-22(13-16-36)20-34-28(38)19-27(30(41)37(17-14-29(39)40)21-23-6-2-1-3-7-23)35-44(42,43)26-11-10-24-8-4-5-9-25(24)18-26/h4-5,8-11,18,22-23,27,35H,1-3,6-7,12-17,19-21H2,(H3,32,33)(H,34,38)(H,39,40). The summed E-state index contributed by atoms with van der Waals surface area (Å²) in [4.78, 5) is 41.8. The molecule has 13 heteroatoms. The van der Waals surface area contributed by atoms with Crippen LogP contribution < -0.4 is 15.8 Å². The summed E-state index contributed by atoms with van der Waals surface area (Å²) in [5.74, 6) is -1.77. The van der Waals surface area contributed by atoms with E-state index in [1.165, 1.54) is 17.0 Å². The summed E-state index contributed by atoms with van der Waals surface area (Å²) in [5, 5.41) is 21.4. The number of aliphatic carboxylic acids is 1. The van der Waals surface area contributed by atoms with Crippen molar-refractivity contribution in [1.29, 1.82) is 5.41 Å². The van der Waals surface area contributed by atoms with Gasteiger partial charge in [0.15, 0.2) is 5.96 Å². The Morgan fingerprint density at radius 2 is 1.68 bits per heavy atom. The van der Waals surface area contributed by atoms with E-state index in [1.54, 1.807) is 23.1 Å². The fourth-order valence-electron chi connectivity index (χ4n) is 6.09. The number of hydrogen-bond acceptors (Lipinski definition) is 6. The van der Waals surface area contributed by atoms with Crippen LogP contribution in [0.2, 0.25) is 0 Å². The second-order valence-corrected chi connectivity index (χ2v) is 13.7. The number of nitrogens with zero attached hydrogens (tertiary/aromatic N) is 2. The van der Waals surface area contributed by atoms with Gasteiger partial charge in [-0.3, -0.25) is 19.8 Å². The fourth-order valence-corrected chi connectivity index (χ4v) is 7.31. The van der Waals surface area contributed by atoms with E-state index in [1.807, 2.05) is 12.1 Å². The van der Waals surface area contributed by atoms with Gasteiger partial charge in [0.1, 0.15) is 6.04 Å². The van der Waals surface area contributed by atoms with E-state index >= 15 is 0 Å². The largest absolute Gasteiger partial charge is 0.481 e. The zero-order valence-electron chi connectivity index (χ0n) is 25.0. The number of guanidine groups is 1. The molecule has 1 atom stereocenters. The lowest BCUT2D eigenvalue weighted by atomic mass is 9.88. The first-order valence-corrected chi connectivity index (χ1v) is 16.9. The second-order valence-electron chi connectivity index (χ2n) is 11.9. The molecule has 0 bridgehead atoms. The minimum Gasteiger partial charge on any atom is -0.481 e. The van der Waals surface area contributed by atoms with Gasteiger partial charge in [0.2, 0.25) is 21.8 Å². The summed E-state index contributed by atoms with van der Waals surface area (Å²) in [6.07, 6.45) is 5.75. The molecule has 0 radical (unpaired) electrons. The summed E-state index contributed by atoms with van der Waals surface area (Å²) < 4.78 is 29.7. The van der Waals surface area contributed by atoms with E-state index in [2.05, 4.69) is 10.0 Å². The van der Waals surface area contributed by atoms with Gasteiger partial charge < -0.3 is 26.0 Å². The Morgan fingerprint density at radius 1 is 1.00 bits per heavy atom. The molecule has 1 saturated carbocycles. The summed E-state index contributed by atoms with van der Waals surface area (Å²) in [7, 11) is -4.22. The summed E-state index contributed by atoms with van der Waals surface area (Å²) in [5.41, 5.74) is 5.57. The number of likely N-dealkylation sites (tertiary alicyclic amines) is 1. The molecule has 1 saturated heterocycles. The predicted molar refractivity (Wildman–Crippen MR) is 167 cm³/mol. The molecular weight excluding hydrogens is 584 g/mol. The van der Waals surface area contributed by atoms with Gasteiger partial charge in [-0.05, 0) is 60.4 Å². The Balaban J connectivity index is 1.52. The number of fused-ring (bicyclic) bond motifs is 1. The van der Waals surface area contributed by atoms with E-state index in [4.69, 9.17) is 11.1 Å². The van der Waals surface area contributed by atoms with Crippen LogP contribution >= 0.6 is 0 Å². The van der Waals surface area contributed by atoms with Gasteiger partial charge in [-0.2, -0.15) is 4.72 Å². The Bertz CT molecular complexity index is 1440. The van der Waals surface area contributed by atoms with Gasteiger partial charge in [-0.25, -0.2) is 8.42 Å². The minimum absolute atomic E-state index is 0.0215. The molecule has 12 nitrogen and oxygen atoms in total. The SMILES string of the molecule is N=C(N)N1CCC(CNC(=O)CC(NS(=O)(=O)c2ccc3ccccc3c2)C(=O)N(CCC(=O)O)CC2CCCCC2)CC1. The molecular formula is C31H44N6O6S. The van der Waals surface area contributed by atoms with Crippen molar-refractivity contribution in [2.75, 3.05) is 32.7 Å². The average molecular weight is 629 g/mol. The third kappa shape index (κ3) is 9.39. The van der Waals surface area contributed by atoms with Crippen molar-refractivity contribution in [1.82, 2.24) is 19.8 Å². The number of piperidine rings is 1. The van der Waals surface area contributed by atoms with Crippen LogP contribution in [0.4, 0.5) is 0 Å². The van der Waals surface area contributed by atoms with Crippen molar-refractivity contribution in [2.24, 2.45) is 17.6 Å². The number of benzene rings is 2. The molecule has 1 heterocycles. The number of nitrogens with one attached hydrogen (secondary N) is 3.